The summed E-state index contributed by atoms with van der Waals surface area (Å²) < 4.78 is 3.30. The zero-order valence-corrected chi connectivity index (χ0v) is 16.6. The highest BCUT2D eigenvalue weighted by molar-refractivity contribution is 5.93. The highest BCUT2D eigenvalue weighted by Gasteiger charge is 2.34. The maximum Gasteiger partial charge on any atom is 0.253 e. The SMILES string of the molecule is CCN1CCC[C@@H](CN(C)C(=O)c2ccn(C)c(=O)c2)[C@@H]1c1cnn(C)c1. The summed E-state index contributed by atoms with van der Waals surface area (Å²) in [6.07, 6.45) is 7.86. The van der Waals surface area contributed by atoms with Crippen molar-refractivity contribution in [2.24, 2.45) is 20.0 Å². The number of aromatic nitrogens is 3. The fraction of sp³-hybridized carbons (Fsp3) is 0.550. The Labute approximate surface area is 160 Å². The van der Waals surface area contributed by atoms with Crippen molar-refractivity contribution in [2.75, 3.05) is 26.7 Å². The largest absolute Gasteiger partial charge is 0.341 e. The molecule has 0 spiro atoms. The second-order valence-corrected chi connectivity index (χ2v) is 7.47. The molecule has 1 saturated heterocycles. The average molecular weight is 371 g/mol. The maximum atomic E-state index is 12.8. The van der Waals surface area contributed by atoms with Gasteiger partial charge in [0.2, 0.25) is 0 Å². The second kappa shape index (κ2) is 8.08. The molecule has 0 aliphatic carbocycles. The first kappa shape index (κ1) is 19.4. The lowest BCUT2D eigenvalue weighted by Crippen LogP contribution is -2.44. The highest BCUT2D eigenvalue weighted by atomic mass is 16.2. The van der Waals surface area contributed by atoms with E-state index in [-0.39, 0.29) is 17.5 Å². The molecule has 3 rings (SSSR count). The first-order valence-corrected chi connectivity index (χ1v) is 9.55. The van der Waals surface area contributed by atoms with Crippen LogP contribution in [0.5, 0.6) is 0 Å². The van der Waals surface area contributed by atoms with Gasteiger partial charge >= 0.3 is 0 Å². The third kappa shape index (κ3) is 4.13. The van der Waals surface area contributed by atoms with Crippen LogP contribution in [0.15, 0.2) is 35.5 Å². The van der Waals surface area contributed by atoms with Gasteiger partial charge in [-0.05, 0) is 37.9 Å². The zero-order valence-electron chi connectivity index (χ0n) is 16.6. The predicted octanol–water partition coefficient (Wildman–Crippen LogP) is 1.66. The van der Waals surface area contributed by atoms with Crippen molar-refractivity contribution in [3.8, 4) is 0 Å². The number of amides is 1. The molecule has 7 heteroatoms. The van der Waals surface area contributed by atoms with Crippen LogP contribution in [0.4, 0.5) is 0 Å². The van der Waals surface area contributed by atoms with Crippen LogP contribution in [0.25, 0.3) is 0 Å². The number of piperidine rings is 1. The van der Waals surface area contributed by atoms with Crippen molar-refractivity contribution in [2.45, 2.75) is 25.8 Å². The van der Waals surface area contributed by atoms with E-state index in [1.807, 2.05) is 25.0 Å². The van der Waals surface area contributed by atoms with Crippen molar-refractivity contribution in [3.63, 3.8) is 0 Å². The van der Waals surface area contributed by atoms with Crippen molar-refractivity contribution < 1.29 is 4.79 Å². The quantitative estimate of drug-likeness (QED) is 0.802. The van der Waals surface area contributed by atoms with Gasteiger partial charge in [-0.15, -0.1) is 0 Å². The van der Waals surface area contributed by atoms with E-state index in [0.29, 0.717) is 18.0 Å². The Bertz CT molecular complexity index is 856. The van der Waals surface area contributed by atoms with Gasteiger partial charge in [-0.25, -0.2) is 0 Å². The Balaban J connectivity index is 1.79. The third-order valence-electron chi connectivity index (χ3n) is 5.54. The van der Waals surface area contributed by atoms with Gasteiger partial charge in [0.15, 0.2) is 0 Å². The molecule has 7 nitrogen and oxygen atoms in total. The van der Waals surface area contributed by atoms with Crippen LogP contribution >= 0.6 is 0 Å². The summed E-state index contributed by atoms with van der Waals surface area (Å²) >= 11 is 0. The zero-order chi connectivity index (χ0) is 19.6. The van der Waals surface area contributed by atoms with Gasteiger partial charge in [-0.2, -0.15) is 5.10 Å². The number of aryl methyl sites for hydroxylation is 2. The minimum atomic E-state index is -0.169. The number of likely N-dealkylation sites (tertiary alicyclic amines) is 1. The molecule has 27 heavy (non-hydrogen) atoms. The standard InChI is InChI=1S/C20H29N5O2/c1-5-25-9-6-7-16(19(25)17-12-21-24(4)14-17)13-23(3)20(27)15-8-10-22(2)18(26)11-15/h8,10-12,14,16,19H,5-7,9,13H2,1-4H3/t16-,19+/m0/s1. The summed E-state index contributed by atoms with van der Waals surface area (Å²) in [6, 6.07) is 3.38. The maximum absolute atomic E-state index is 12.8. The Kier molecular flexibility index (Phi) is 5.79. The van der Waals surface area contributed by atoms with Crippen LogP contribution in [0, 0.1) is 5.92 Å². The van der Waals surface area contributed by atoms with Crippen LogP contribution in [-0.4, -0.2) is 56.7 Å². The van der Waals surface area contributed by atoms with Gasteiger partial charge in [-0.1, -0.05) is 6.92 Å². The van der Waals surface area contributed by atoms with E-state index in [4.69, 9.17) is 0 Å². The molecule has 2 atom stereocenters. The van der Waals surface area contributed by atoms with Gasteiger partial charge < -0.3 is 9.47 Å². The Morgan fingerprint density at radius 3 is 2.78 bits per heavy atom. The van der Waals surface area contributed by atoms with Crippen LogP contribution in [0.3, 0.4) is 0 Å². The van der Waals surface area contributed by atoms with Gasteiger partial charge in [0.25, 0.3) is 11.5 Å². The van der Waals surface area contributed by atoms with E-state index in [1.165, 1.54) is 16.2 Å². The molecule has 2 aromatic heterocycles. The van der Waals surface area contributed by atoms with Gasteiger partial charge in [0.05, 0.1) is 6.20 Å². The minimum absolute atomic E-state index is 0.105. The molecule has 0 unspecified atom stereocenters. The second-order valence-electron chi connectivity index (χ2n) is 7.47. The number of rotatable bonds is 5. The van der Waals surface area contributed by atoms with E-state index < -0.39 is 0 Å². The van der Waals surface area contributed by atoms with E-state index in [1.54, 1.807) is 24.2 Å². The minimum Gasteiger partial charge on any atom is -0.341 e. The van der Waals surface area contributed by atoms with Gasteiger partial charge in [0.1, 0.15) is 0 Å². The van der Waals surface area contributed by atoms with Gasteiger partial charge in [0, 0.05) is 63.3 Å². The third-order valence-corrected chi connectivity index (χ3v) is 5.54. The normalized spacial score (nSPS) is 20.6. The highest BCUT2D eigenvalue weighted by Crippen LogP contribution is 2.36. The molecule has 3 heterocycles. The van der Waals surface area contributed by atoms with Crippen LogP contribution < -0.4 is 5.56 Å². The smallest absolute Gasteiger partial charge is 0.253 e. The Morgan fingerprint density at radius 1 is 1.37 bits per heavy atom. The molecule has 1 amide bonds. The fourth-order valence-corrected chi connectivity index (χ4v) is 4.11. The lowest BCUT2D eigenvalue weighted by atomic mass is 9.85. The molecule has 0 saturated carbocycles. The van der Waals surface area contributed by atoms with E-state index in [0.717, 1.165) is 25.9 Å². The molecule has 1 aliphatic heterocycles. The molecule has 1 fully saturated rings. The van der Waals surface area contributed by atoms with Gasteiger partial charge in [-0.3, -0.25) is 19.2 Å². The van der Waals surface area contributed by atoms with Crippen LogP contribution in [0.1, 0.15) is 41.7 Å². The summed E-state index contributed by atoms with van der Waals surface area (Å²) in [5.74, 6) is 0.231. The fourth-order valence-electron chi connectivity index (χ4n) is 4.11. The van der Waals surface area contributed by atoms with E-state index in [2.05, 4.69) is 23.1 Å². The molecule has 0 aromatic carbocycles. The number of hydrogen-bond donors (Lipinski definition) is 0. The lowest BCUT2D eigenvalue weighted by Gasteiger charge is -2.42. The molecule has 0 radical (unpaired) electrons. The summed E-state index contributed by atoms with van der Waals surface area (Å²) in [6.45, 7) is 4.88. The monoisotopic (exact) mass is 371 g/mol. The number of nitrogens with zero attached hydrogens (tertiary/aromatic N) is 5. The van der Waals surface area contributed by atoms with Crippen LogP contribution in [0.2, 0.25) is 0 Å². The van der Waals surface area contributed by atoms with Crippen LogP contribution in [-0.2, 0) is 14.1 Å². The number of hydrogen-bond acceptors (Lipinski definition) is 4. The molecular weight excluding hydrogens is 342 g/mol. The molecular formula is C20H29N5O2. The van der Waals surface area contributed by atoms with E-state index in [9.17, 15) is 9.59 Å². The molecule has 0 bridgehead atoms. The lowest BCUT2D eigenvalue weighted by molar-refractivity contribution is 0.0588. The van der Waals surface area contributed by atoms with Crippen molar-refractivity contribution in [1.29, 1.82) is 0 Å². The molecule has 0 N–H and O–H groups in total. The molecule has 146 valence electrons. The summed E-state index contributed by atoms with van der Waals surface area (Å²) in [4.78, 5) is 28.9. The number of carbonyl (C=O) groups is 1. The number of pyridine rings is 1. The van der Waals surface area contributed by atoms with Crippen molar-refractivity contribution >= 4 is 5.91 Å². The first-order valence-electron chi connectivity index (χ1n) is 9.55. The average Bonchev–Trinajstić information content (AvgIpc) is 3.09. The molecule has 2 aromatic rings. The summed E-state index contributed by atoms with van der Waals surface area (Å²) in [7, 11) is 5.44. The van der Waals surface area contributed by atoms with E-state index >= 15 is 0 Å². The Hall–Kier alpha value is -2.41. The summed E-state index contributed by atoms with van der Waals surface area (Å²) in [5, 5.41) is 4.35. The van der Waals surface area contributed by atoms with Crippen molar-refractivity contribution in [1.82, 2.24) is 24.1 Å². The predicted molar refractivity (Wildman–Crippen MR) is 105 cm³/mol. The summed E-state index contributed by atoms with van der Waals surface area (Å²) in [5.41, 5.74) is 1.48. The Morgan fingerprint density at radius 2 is 2.15 bits per heavy atom. The van der Waals surface area contributed by atoms with Crippen molar-refractivity contribution in [3.05, 3.63) is 52.2 Å². The number of carbonyl (C=O) groups excluding carboxylic acids is 1. The topological polar surface area (TPSA) is 63.4 Å². The first-order chi connectivity index (χ1) is 12.9. The molecule has 1 aliphatic rings.